The van der Waals surface area contributed by atoms with Gasteiger partial charge in [0.2, 0.25) is 5.91 Å². The van der Waals surface area contributed by atoms with Gasteiger partial charge in [0.15, 0.2) is 0 Å². The molecule has 1 aromatic heterocycles. The minimum Gasteiger partial charge on any atom is -0.365 e. The first-order chi connectivity index (χ1) is 13.8. The van der Waals surface area contributed by atoms with Crippen LogP contribution in [0.3, 0.4) is 0 Å². The molecule has 2 amide bonds. The van der Waals surface area contributed by atoms with Gasteiger partial charge in [0.25, 0.3) is 5.91 Å². The maximum absolute atomic E-state index is 13.1. The van der Waals surface area contributed by atoms with Crippen LogP contribution < -0.4 is 5.73 Å². The van der Waals surface area contributed by atoms with Gasteiger partial charge < -0.3 is 10.6 Å². The molecule has 0 fully saturated rings. The molecule has 29 heavy (non-hydrogen) atoms. The lowest BCUT2D eigenvalue weighted by Gasteiger charge is -2.31. The Labute approximate surface area is 170 Å². The molecule has 10 heteroatoms. The van der Waals surface area contributed by atoms with Crippen molar-refractivity contribution in [1.29, 1.82) is 0 Å². The first kappa shape index (κ1) is 21.2. The molecule has 0 aliphatic carbocycles. The molecule has 3 rings (SSSR count). The number of benzene rings is 1. The summed E-state index contributed by atoms with van der Waals surface area (Å²) in [5.41, 5.74) is 5.11. The van der Waals surface area contributed by atoms with Gasteiger partial charge >= 0.3 is 0 Å². The minimum atomic E-state index is -1.97. The van der Waals surface area contributed by atoms with E-state index in [1.165, 1.54) is 4.90 Å². The molecule has 2 heterocycles. The van der Waals surface area contributed by atoms with Crippen LogP contribution in [0.1, 0.15) is 22.5 Å². The predicted molar refractivity (Wildman–Crippen MR) is 102 cm³/mol. The molecule has 1 aromatic carbocycles. The molecule has 0 unspecified atom stereocenters. The summed E-state index contributed by atoms with van der Waals surface area (Å²) in [6, 6.07) is 6.76. The van der Waals surface area contributed by atoms with E-state index in [1.807, 2.05) is 0 Å². The van der Waals surface area contributed by atoms with E-state index in [0.717, 1.165) is 0 Å². The highest BCUT2D eigenvalue weighted by molar-refractivity contribution is 6.30. The topological polar surface area (TPSA) is 81.2 Å². The van der Waals surface area contributed by atoms with E-state index in [-0.39, 0.29) is 25.2 Å². The molecule has 1 aliphatic heterocycles. The Hall–Kier alpha value is -2.55. The van der Waals surface area contributed by atoms with Gasteiger partial charge in [-0.2, -0.15) is 5.10 Å². The van der Waals surface area contributed by atoms with Crippen LogP contribution in [0.25, 0.3) is 11.3 Å². The molecule has 0 saturated carbocycles. The third kappa shape index (κ3) is 4.10. The number of carbonyl (C=O) groups excluding carboxylic acids is 2. The quantitative estimate of drug-likeness (QED) is 0.736. The molecule has 0 saturated heterocycles. The number of aromatic nitrogens is 2. The lowest BCUT2D eigenvalue weighted by molar-refractivity contribution is -0.136. The van der Waals surface area contributed by atoms with Crippen LogP contribution in [-0.4, -0.2) is 53.1 Å². The summed E-state index contributed by atoms with van der Waals surface area (Å²) >= 11 is 6.03. The average molecular weight is 429 g/mol. The first-order valence-electron chi connectivity index (χ1n) is 8.95. The molecule has 156 valence electrons. The normalized spacial score (nSPS) is 14.0. The van der Waals surface area contributed by atoms with Gasteiger partial charge in [-0.3, -0.25) is 27.4 Å². The molecule has 1 aliphatic rings. The summed E-state index contributed by atoms with van der Waals surface area (Å²) in [5, 5.41) is 4.90. The van der Waals surface area contributed by atoms with Gasteiger partial charge in [-0.25, -0.2) is 0 Å². The first-order valence-corrected chi connectivity index (χ1v) is 9.33. The van der Waals surface area contributed by atoms with Gasteiger partial charge in [0.05, 0.1) is 29.8 Å². The van der Waals surface area contributed by atoms with E-state index in [9.17, 15) is 22.8 Å². The molecular weight excluding hydrogens is 409 g/mol. The summed E-state index contributed by atoms with van der Waals surface area (Å²) in [5.74, 6) is -1.31. The van der Waals surface area contributed by atoms with E-state index < -0.39 is 43.7 Å². The summed E-state index contributed by atoms with van der Waals surface area (Å²) in [4.78, 5) is 26.0. The summed E-state index contributed by atoms with van der Waals surface area (Å²) in [6.45, 7) is -3.38. The largest absolute Gasteiger partial charge is 0.365 e. The van der Waals surface area contributed by atoms with Gasteiger partial charge in [0, 0.05) is 23.6 Å². The molecule has 2 aromatic rings. The van der Waals surface area contributed by atoms with Crippen LogP contribution in [0.2, 0.25) is 5.02 Å². The van der Waals surface area contributed by atoms with Crippen molar-refractivity contribution < 1.29 is 22.8 Å². The van der Waals surface area contributed by atoms with Gasteiger partial charge in [0.1, 0.15) is 25.7 Å². The number of rotatable bonds is 7. The fraction of sp³-hybridized carbons (Fsp3) is 0.421. The van der Waals surface area contributed by atoms with Gasteiger partial charge in [-0.05, 0) is 12.1 Å². The number of alkyl halides is 3. The highest BCUT2D eigenvalue weighted by Gasteiger charge is 2.37. The molecular formula is C19H20ClF3N4O2. The zero-order valence-corrected chi connectivity index (χ0v) is 16.3. The smallest absolute Gasteiger partial charge is 0.252 e. The van der Waals surface area contributed by atoms with Crippen molar-refractivity contribution >= 4 is 23.4 Å². The number of amides is 2. The van der Waals surface area contributed by atoms with E-state index >= 15 is 0 Å². The van der Waals surface area contributed by atoms with E-state index in [0.29, 0.717) is 22.0 Å². The number of carbonyl (C=O) groups is 2. The number of halogens is 4. The lowest BCUT2D eigenvalue weighted by atomic mass is 9.88. The minimum absolute atomic E-state index is 0.0222. The van der Waals surface area contributed by atoms with E-state index in [2.05, 4.69) is 5.10 Å². The number of nitrogens with two attached hydrogens (primary N) is 1. The second-order valence-corrected chi connectivity index (χ2v) is 7.60. The van der Waals surface area contributed by atoms with Crippen LogP contribution in [0, 0.1) is 5.41 Å². The summed E-state index contributed by atoms with van der Waals surface area (Å²) < 4.78 is 41.0. The van der Waals surface area contributed by atoms with E-state index in [4.69, 9.17) is 17.3 Å². The number of hydrogen-bond donors (Lipinski definition) is 1. The third-order valence-corrected chi connectivity index (χ3v) is 5.29. The molecule has 0 bridgehead atoms. The second-order valence-electron chi connectivity index (χ2n) is 7.16. The Morgan fingerprint density at radius 2 is 1.86 bits per heavy atom. The van der Waals surface area contributed by atoms with Gasteiger partial charge in [-0.15, -0.1) is 0 Å². The zero-order chi connectivity index (χ0) is 21.2. The Kier molecular flexibility index (Phi) is 6.16. The van der Waals surface area contributed by atoms with Crippen molar-refractivity contribution in [2.24, 2.45) is 11.1 Å². The van der Waals surface area contributed by atoms with Crippen molar-refractivity contribution in [1.82, 2.24) is 14.7 Å². The number of hydrogen-bond acceptors (Lipinski definition) is 3. The van der Waals surface area contributed by atoms with Crippen LogP contribution in [0.4, 0.5) is 13.2 Å². The Bertz CT molecular complexity index is 922. The number of nitrogens with zero attached hydrogens (tertiary/aromatic N) is 3. The predicted octanol–water partition coefficient (Wildman–Crippen LogP) is 2.93. The summed E-state index contributed by atoms with van der Waals surface area (Å²) in [7, 11) is 0. The molecule has 0 atom stereocenters. The fourth-order valence-corrected chi connectivity index (χ4v) is 3.50. The van der Waals surface area contributed by atoms with E-state index in [1.54, 1.807) is 28.9 Å². The Morgan fingerprint density at radius 1 is 1.17 bits per heavy atom. The Balaban J connectivity index is 1.92. The third-order valence-electron chi connectivity index (χ3n) is 5.05. The van der Waals surface area contributed by atoms with Crippen molar-refractivity contribution in [2.45, 2.75) is 19.5 Å². The highest BCUT2D eigenvalue weighted by atomic mass is 35.5. The fourth-order valence-electron chi connectivity index (χ4n) is 3.31. The van der Waals surface area contributed by atoms with Gasteiger partial charge in [-0.1, -0.05) is 23.7 Å². The van der Waals surface area contributed by atoms with Crippen LogP contribution in [0.5, 0.6) is 0 Å². The SMILES string of the molecule is NC(=O)c1c(-c2cccc(Cl)c2)nn2c1CN(C(=O)CC(CF)(CF)CF)CC2. The maximum atomic E-state index is 13.1. The maximum Gasteiger partial charge on any atom is 0.252 e. The molecule has 0 spiro atoms. The summed E-state index contributed by atoms with van der Waals surface area (Å²) in [6.07, 6.45) is -0.600. The van der Waals surface area contributed by atoms with Crippen molar-refractivity contribution in [3.63, 3.8) is 0 Å². The van der Waals surface area contributed by atoms with Crippen molar-refractivity contribution in [2.75, 3.05) is 26.6 Å². The lowest BCUT2D eigenvalue weighted by Crippen LogP contribution is -2.43. The van der Waals surface area contributed by atoms with Crippen LogP contribution >= 0.6 is 11.6 Å². The Morgan fingerprint density at radius 3 is 2.45 bits per heavy atom. The number of fused-ring (bicyclic) bond motifs is 1. The van der Waals surface area contributed by atoms with Crippen LogP contribution in [0.15, 0.2) is 24.3 Å². The molecule has 6 nitrogen and oxygen atoms in total. The number of primary amides is 1. The zero-order valence-electron chi connectivity index (χ0n) is 15.5. The monoisotopic (exact) mass is 428 g/mol. The van der Waals surface area contributed by atoms with Crippen molar-refractivity contribution in [3.8, 4) is 11.3 Å². The standard InChI is InChI=1S/C19H20ClF3N4O2/c20-13-3-1-2-12(6-13)17-16(18(24)29)14-8-26(4-5-27(14)25-17)15(28)7-19(9-21,10-22)11-23/h1-3,6H,4-5,7-11H2,(H2,24,29). The highest BCUT2D eigenvalue weighted by Crippen LogP contribution is 2.31. The van der Waals surface area contributed by atoms with Crippen LogP contribution in [-0.2, 0) is 17.9 Å². The average Bonchev–Trinajstić information content (AvgIpc) is 3.11. The van der Waals surface area contributed by atoms with Crippen molar-refractivity contribution in [3.05, 3.63) is 40.5 Å². The molecule has 0 radical (unpaired) electrons. The second kappa shape index (κ2) is 8.44. The molecule has 2 N–H and O–H groups in total.